The first-order valence-corrected chi connectivity index (χ1v) is 24.8. The summed E-state index contributed by atoms with van der Waals surface area (Å²) in [5.74, 6) is 1.87. The van der Waals surface area contributed by atoms with Crippen molar-refractivity contribution in [3.05, 3.63) is 258 Å². The smallest absolute Gasteiger partial charge is 0.140 e. The van der Waals surface area contributed by atoms with Gasteiger partial charge in [-0.05, 0) is 109 Å². The van der Waals surface area contributed by atoms with Gasteiger partial charge in [0.25, 0.3) is 0 Å². The van der Waals surface area contributed by atoms with Crippen molar-refractivity contribution in [3.8, 4) is 44.9 Å². The Morgan fingerprint density at radius 2 is 0.942 bits per heavy atom. The molecule has 15 rings (SSSR count). The zero-order valence-corrected chi connectivity index (χ0v) is 38.9. The summed E-state index contributed by atoms with van der Waals surface area (Å²) in [5.41, 5.74) is 17.9. The molecule has 324 valence electrons. The van der Waals surface area contributed by atoms with Crippen LogP contribution < -0.4 is 9.64 Å². The van der Waals surface area contributed by atoms with Crippen molar-refractivity contribution in [1.82, 2.24) is 0 Å². The molecule has 0 N–H and O–H groups in total. The van der Waals surface area contributed by atoms with Crippen LogP contribution in [0, 0.1) is 0 Å². The van der Waals surface area contributed by atoms with Crippen molar-refractivity contribution in [1.29, 1.82) is 0 Å². The van der Waals surface area contributed by atoms with Gasteiger partial charge in [0.05, 0.1) is 15.8 Å². The van der Waals surface area contributed by atoms with Crippen LogP contribution in [0.3, 0.4) is 0 Å². The number of benzene rings is 11. The van der Waals surface area contributed by atoms with Gasteiger partial charge in [0.15, 0.2) is 0 Å². The lowest BCUT2D eigenvalue weighted by atomic mass is 9.65. The van der Waals surface area contributed by atoms with Gasteiger partial charge in [-0.1, -0.05) is 196 Å². The molecule has 3 aliphatic rings. The first-order valence-electron chi connectivity index (χ1n) is 24.0. The van der Waals surface area contributed by atoms with E-state index in [2.05, 4.69) is 243 Å². The monoisotopic (exact) mass is 897 g/mol. The number of fused-ring (bicyclic) bond motifs is 19. The van der Waals surface area contributed by atoms with Crippen molar-refractivity contribution in [2.24, 2.45) is 0 Å². The number of rotatable bonds is 4. The Bertz CT molecular complexity index is 4090. The summed E-state index contributed by atoms with van der Waals surface area (Å²) in [4.78, 5) is 2.50. The van der Waals surface area contributed by atoms with E-state index < -0.39 is 5.41 Å². The molecule has 69 heavy (non-hydrogen) atoms. The molecule has 3 heteroatoms. The second-order valence-corrected chi connectivity index (χ2v) is 20.6. The molecular weight excluding hydrogens is 855 g/mol. The highest BCUT2D eigenvalue weighted by molar-refractivity contribution is 7.26. The summed E-state index contributed by atoms with van der Waals surface area (Å²) in [6, 6.07) is 83.7. The first-order chi connectivity index (χ1) is 34.0. The third kappa shape index (κ3) is 5.26. The lowest BCUT2D eigenvalue weighted by Crippen LogP contribution is -2.32. The van der Waals surface area contributed by atoms with Crippen LogP contribution in [0.5, 0.6) is 11.5 Å². The maximum Gasteiger partial charge on any atom is 0.140 e. The van der Waals surface area contributed by atoms with Crippen LogP contribution >= 0.6 is 11.3 Å². The third-order valence-corrected chi connectivity index (χ3v) is 16.9. The molecule has 1 aliphatic heterocycles. The maximum absolute atomic E-state index is 7.21. The highest BCUT2D eigenvalue weighted by Gasteiger charge is 2.52. The van der Waals surface area contributed by atoms with Gasteiger partial charge in [-0.25, -0.2) is 0 Å². The fraction of sp³-hybridized carbons (Fsp3) is 0.0606. The molecular formula is C66H43NOS. The normalized spacial score (nSPS) is 14.3. The van der Waals surface area contributed by atoms with Crippen molar-refractivity contribution >= 4 is 70.1 Å². The molecule has 1 aromatic heterocycles. The van der Waals surface area contributed by atoms with Crippen LogP contribution in [0.25, 0.3) is 75.1 Å². The summed E-state index contributed by atoms with van der Waals surface area (Å²) >= 11 is 1.88. The SMILES string of the molecule is CC1(C)c2ccccc2-c2ccc(N(c3cccc(-c4ccc5c(c4)-c4ccccc4C54c5ccc6ccccc6c5Oc5c4ccc4ccccc54)c3)c3cccc4c3sc3ccccc34)cc21. The average Bonchev–Trinajstić information content (AvgIpc) is 4.00. The Labute approximate surface area is 405 Å². The molecule has 2 heterocycles. The van der Waals surface area contributed by atoms with Gasteiger partial charge >= 0.3 is 0 Å². The molecule has 0 bridgehead atoms. The molecule has 0 saturated heterocycles. The number of nitrogens with zero attached hydrogens (tertiary/aromatic N) is 1. The number of hydrogen-bond donors (Lipinski definition) is 0. The second-order valence-electron chi connectivity index (χ2n) is 19.5. The largest absolute Gasteiger partial charge is 0.455 e. The van der Waals surface area contributed by atoms with Crippen LogP contribution in [0.4, 0.5) is 17.1 Å². The van der Waals surface area contributed by atoms with Gasteiger partial charge in [-0.15, -0.1) is 11.3 Å². The summed E-state index contributed by atoms with van der Waals surface area (Å²) in [5, 5.41) is 7.17. The zero-order valence-electron chi connectivity index (χ0n) is 38.1. The van der Waals surface area contributed by atoms with Gasteiger partial charge in [-0.3, -0.25) is 0 Å². The van der Waals surface area contributed by atoms with Gasteiger partial charge < -0.3 is 9.64 Å². The van der Waals surface area contributed by atoms with E-state index in [-0.39, 0.29) is 5.41 Å². The minimum absolute atomic E-state index is 0.136. The molecule has 12 aromatic rings. The minimum atomic E-state index is -0.593. The summed E-state index contributed by atoms with van der Waals surface area (Å²) < 4.78 is 9.79. The molecule has 2 nitrogen and oxygen atoms in total. The quantitative estimate of drug-likeness (QED) is 0.175. The Hall–Kier alpha value is -8.24. The summed E-state index contributed by atoms with van der Waals surface area (Å²) in [6.45, 7) is 4.74. The van der Waals surface area contributed by atoms with E-state index in [1.807, 2.05) is 11.3 Å². The number of thiophene rings is 1. The predicted molar refractivity (Wildman–Crippen MR) is 289 cm³/mol. The fourth-order valence-electron chi connectivity index (χ4n) is 12.6. The van der Waals surface area contributed by atoms with E-state index in [9.17, 15) is 0 Å². The van der Waals surface area contributed by atoms with E-state index in [1.54, 1.807) is 0 Å². The van der Waals surface area contributed by atoms with Gasteiger partial charge in [0, 0.05) is 54.2 Å². The van der Waals surface area contributed by atoms with Crippen molar-refractivity contribution < 1.29 is 4.74 Å². The number of hydrogen-bond acceptors (Lipinski definition) is 3. The van der Waals surface area contributed by atoms with Crippen LogP contribution in [0.2, 0.25) is 0 Å². The second kappa shape index (κ2) is 14.1. The molecule has 0 unspecified atom stereocenters. The van der Waals surface area contributed by atoms with Gasteiger partial charge in [0.1, 0.15) is 11.5 Å². The minimum Gasteiger partial charge on any atom is -0.455 e. The highest BCUT2D eigenvalue weighted by Crippen LogP contribution is 2.64. The fourth-order valence-corrected chi connectivity index (χ4v) is 13.8. The van der Waals surface area contributed by atoms with Gasteiger partial charge in [0.2, 0.25) is 0 Å². The summed E-state index contributed by atoms with van der Waals surface area (Å²) in [7, 11) is 0. The van der Waals surface area contributed by atoms with E-state index >= 15 is 0 Å². The average molecular weight is 898 g/mol. The Balaban J connectivity index is 0.938. The zero-order chi connectivity index (χ0) is 45.6. The molecule has 0 amide bonds. The van der Waals surface area contributed by atoms with Gasteiger partial charge in [-0.2, -0.15) is 0 Å². The topological polar surface area (TPSA) is 12.5 Å². The van der Waals surface area contributed by atoms with Crippen LogP contribution in [-0.4, -0.2) is 0 Å². The Morgan fingerprint density at radius 3 is 1.71 bits per heavy atom. The molecule has 0 radical (unpaired) electrons. The first kappa shape index (κ1) is 38.8. The lowest BCUT2D eigenvalue weighted by Gasteiger charge is -2.40. The highest BCUT2D eigenvalue weighted by atomic mass is 32.1. The van der Waals surface area contributed by atoms with E-state index in [4.69, 9.17) is 4.74 Å². The number of anilines is 3. The van der Waals surface area contributed by atoms with Crippen LogP contribution in [0.1, 0.15) is 47.2 Å². The van der Waals surface area contributed by atoms with E-state index in [1.165, 1.54) is 103 Å². The predicted octanol–water partition coefficient (Wildman–Crippen LogP) is 18.3. The molecule has 2 aliphatic carbocycles. The molecule has 0 atom stereocenters. The van der Waals surface area contributed by atoms with Crippen molar-refractivity contribution in [2.45, 2.75) is 24.7 Å². The number of ether oxygens (including phenoxy) is 1. The van der Waals surface area contributed by atoms with E-state index in [0.717, 1.165) is 33.6 Å². The molecule has 1 spiro atoms. The van der Waals surface area contributed by atoms with Crippen LogP contribution in [0.15, 0.2) is 224 Å². The third-order valence-electron chi connectivity index (χ3n) is 15.7. The summed E-state index contributed by atoms with van der Waals surface area (Å²) in [6.07, 6.45) is 0. The maximum atomic E-state index is 7.21. The standard InChI is InChI=1S/C66H43NOS/c1-65(2)54-25-10-7-21-48(54)50-33-32-45(39-59(50)65)67(60-27-14-24-52-51-23-9-12-28-61(51)69-64(52)60)44-18-13-17-42(37-44)43-31-34-56-53(38-43)49-22-8-11-26-55(49)66(56)57-35-29-40-15-3-5-19-46(40)62(57)68-63-47-20-6-4-16-41(47)30-36-58(63)66/h3-39H,1-2H3. The van der Waals surface area contributed by atoms with Crippen molar-refractivity contribution in [3.63, 3.8) is 0 Å². The van der Waals surface area contributed by atoms with Crippen molar-refractivity contribution in [2.75, 3.05) is 4.90 Å². The molecule has 11 aromatic carbocycles. The lowest BCUT2D eigenvalue weighted by molar-refractivity contribution is 0.447. The Morgan fingerprint density at radius 1 is 0.377 bits per heavy atom. The molecule has 0 saturated carbocycles. The van der Waals surface area contributed by atoms with Crippen LogP contribution in [-0.2, 0) is 10.8 Å². The Kier molecular flexibility index (Phi) is 7.96. The molecule has 0 fully saturated rings. The van der Waals surface area contributed by atoms with E-state index in [0.29, 0.717) is 0 Å².